The van der Waals surface area contributed by atoms with Gasteiger partial charge >= 0.3 is 0 Å². The van der Waals surface area contributed by atoms with Gasteiger partial charge in [0.15, 0.2) is 17.4 Å². The summed E-state index contributed by atoms with van der Waals surface area (Å²) in [7, 11) is -1.13. The maximum atomic E-state index is 14.7. The van der Waals surface area contributed by atoms with Crippen LogP contribution >= 0.6 is 7.14 Å². The van der Waals surface area contributed by atoms with Crippen LogP contribution < -0.4 is 20.7 Å². The molecular weight excluding hydrogens is 484 g/mol. The lowest BCUT2D eigenvalue weighted by atomic mass is 10.1. The predicted molar refractivity (Wildman–Crippen MR) is 137 cm³/mol. The number of ether oxygens (including phenoxy) is 1. The second kappa shape index (κ2) is 10.1. The van der Waals surface area contributed by atoms with Gasteiger partial charge in [0, 0.05) is 48.4 Å². The molecule has 1 aromatic carbocycles. The number of rotatable bonds is 9. The average Bonchev–Trinajstić information content (AvgIpc) is 3.69. The normalized spacial score (nSPS) is 13.2. The summed E-state index contributed by atoms with van der Waals surface area (Å²) in [5, 5.41) is 6.33. The van der Waals surface area contributed by atoms with E-state index in [0.717, 1.165) is 12.8 Å². The summed E-state index contributed by atoms with van der Waals surface area (Å²) in [6, 6.07) is 4.01. The van der Waals surface area contributed by atoms with Gasteiger partial charge in [-0.2, -0.15) is 0 Å². The monoisotopic (exact) mass is 511 g/mol. The fourth-order valence-electron chi connectivity index (χ4n) is 3.57. The van der Waals surface area contributed by atoms with Crippen molar-refractivity contribution in [3.05, 3.63) is 48.2 Å². The van der Waals surface area contributed by atoms with E-state index in [-0.39, 0.29) is 58.2 Å². The molecule has 1 aliphatic rings. The van der Waals surface area contributed by atoms with Crippen LogP contribution in [0.25, 0.3) is 11.4 Å². The molecule has 2 heterocycles. The summed E-state index contributed by atoms with van der Waals surface area (Å²) in [6.45, 7) is 4.95. The number of benzene rings is 1. The maximum absolute atomic E-state index is 14.7. The summed E-state index contributed by atoms with van der Waals surface area (Å²) >= 11 is 0. The van der Waals surface area contributed by atoms with Crippen molar-refractivity contribution < 1.29 is 23.3 Å². The molecule has 0 radical (unpaired) electrons. The second-order valence-electron chi connectivity index (χ2n) is 8.93. The highest BCUT2D eigenvalue weighted by Crippen LogP contribution is 2.39. The van der Waals surface area contributed by atoms with Crippen LogP contribution in [0.5, 0.6) is 5.75 Å². The van der Waals surface area contributed by atoms with Crippen molar-refractivity contribution in [1.82, 2.24) is 15.0 Å². The van der Waals surface area contributed by atoms with E-state index in [0.29, 0.717) is 11.0 Å². The molecule has 11 heteroatoms. The molecule has 0 spiro atoms. The van der Waals surface area contributed by atoms with Crippen molar-refractivity contribution >= 4 is 41.3 Å². The van der Waals surface area contributed by atoms with E-state index in [1.54, 1.807) is 26.3 Å². The number of carbonyl (C=O) groups is 2. The predicted octanol–water partition coefficient (Wildman–Crippen LogP) is 4.62. The van der Waals surface area contributed by atoms with Crippen LogP contribution in [0.15, 0.2) is 36.8 Å². The van der Waals surface area contributed by atoms with E-state index >= 15 is 0 Å². The summed E-state index contributed by atoms with van der Waals surface area (Å²) < 4.78 is 32.6. The number of hydrogen-bond donors (Lipinski definition) is 2. The smallest absolute Gasteiger partial charge is 0.228 e. The largest absolute Gasteiger partial charge is 0.494 e. The molecule has 4 rings (SSSR count). The molecule has 188 valence electrons. The zero-order valence-electron chi connectivity index (χ0n) is 20.5. The van der Waals surface area contributed by atoms with E-state index in [9.17, 15) is 18.5 Å². The number of nitrogens with zero attached hydrogens (tertiary/aromatic N) is 3. The van der Waals surface area contributed by atoms with E-state index in [1.807, 2.05) is 0 Å². The van der Waals surface area contributed by atoms with E-state index in [4.69, 9.17) is 4.74 Å². The van der Waals surface area contributed by atoms with Crippen LogP contribution in [0, 0.1) is 11.7 Å². The van der Waals surface area contributed by atoms with Crippen LogP contribution in [0.4, 0.5) is 21.6 Å². The minimum atomic E-state index is -2.56. The zero-order chi connectivity index (χ0) is 26.0. The van der Waals surface area contributed by atoms with Gasteiger partial charge in [0.05, 0.1) is 29.6 Å². The van der Waals surface area contributed by atoms with E-state index in [1.165, 1.54) is 37.8 Å². The lowest BCUT2D eigenvalue weighted by Crippen LogP contribution is -2.15. The highest BCUT2D eigenvalue weighted by molar-refractivity contribution is 7.70. The standard InChI is InChI=1S/C25H27FN5O4P/c1-5-21(32)18-13-27-22(31-25(33)14-6-7-14)10-19(18)30-20-9-15(26)8-17(23(20)35-2)24-28-11-16(12-29-24)36(3,4)34/h8-14H,5-7H2,1-4H3,(H2,27,30,31,33). The molecule has 0 aliphatic heterocycles. The van der Waals surface area contributed by atoms with Crippen molar-refractivity contribution in [2.24, 2.45) is 5.92 Å². The Morgan fingerprint density at radius 1 is 1.08 bits per heavy atom. The van der Waals surface area contributed by atoms with Gasteiger partial charge in [-0.3, -0.25) is 9.59 Å². The van der Waals surface area contributed by atoms with Crippen LogP contribution in [-0.2, 0) is 9.36 Å². The van der Waals surface area contributed by atoms with E-state index < -0.39 is 13.0 Å². The molecule has 0 saturated heterocycles. The summed E-state index contributed by atoms with van der Waals surface area (Å²) in [5.74, 6) is -0.204. The highest BCUT2D eigenvalue weighted by atomic mass is 31.2. The van der Waals surface area contributed by atoms with Crippen LogP contribution in [-0.4, -0.2) is 47.1 Å². The van der Waals surface area contributed by atoms with Gasteiger partial charge in [-0.1, -0.05) is 6.92 Å². The molecule has 1 fully saturated rings. The lowest BCUT2D eigenvalue weighted by molar-refractivity contribution is -0.117. The fraction of sp³-hybridized carbons (Fsp3) is 0.320. The van der Waals surface area contributed by atoms with Gasteiger partial charge in [-0.25, -0.2) is 19.3 Å². The number of halogens is 1. The van der Waals surface area contributed by atoms with Crippen molar-refractivity contribution in [3.8, 4) is 17.1 Å². The van der Waals surface area contributed by atoms with Crippen molar-refractivity contribution in [3.63, 3.8) is 0 Å². The number of carbonyl (C=O) groups excluding carboxylic acids is 2. The first-order valence-electron chi connectivity index (χ1n) is 11.5. The Labute approximate surface area is 208 Å². The summed E-state index contributed by atoms with van der Waals surface area (Å²) in [5.41, 5.74) is 1.13. The molecule has 0 bridgehead atoms. The van der Waals surface area contributed by atoms with Gasteiger partial charge in [0.1, 0.15) is 18.8 Å². The first-order valence-corrected chi connectivity index (χ1v) is 14.1. The Morgan fingerprint density at radius 2 is 1.78 bits per heavy atom. The van der Waals surface area contributed by atoms with Crippen molar-refractivity contribution in [2.45, 2.75) is 26.2 Å². The number of Topliss-reactive ketones (excluding diaryl/α,β-unsaturated/α-hetero) is 1. The number of pyridine rings is 1. The first kappa shape index (κ1) is 25.4. The number of nitrogens with one attached hydrogen (secondary N) is 2. The van der Waals surface area contributed by atoms with Crippen LogP contribution in [0.3, 0.4) is 0 Å². The van der Waals surface area contributed by atoms with Crippen molar-refractivity contribution in [1.29, 1.82) is 0 Å². The molecule has 2 aromatic heterocycles. The third kappa shape index (κ3) is 5.60. The number of amides is 1. The molecule has 36 heavy (non-hydrogen) atoms. The Bertz CT molecular complexity index is 1370. The fourth-order valence-corrected chi connectivity index (χ4v) is 4.24. The van der Waals surface area contributed by atoms with Gasteiger partial charge in [-0.05, 0) is 32.2 Å². The van der Waals surface area contributed by atoms with Gasteiger partial charge in [0.2, 0.25) is 5.91 Å². The van der Waals surface area contributed by atoms with Gasteiger partial charge in [0.25, 0.3) is 0 Å². The average molecular weight is 511 g/mol. The third-order valence-electron chi connectivity index (χ3n) is 5.75. The summed E-state index contributed by atoms with van der Waals surface area (Å²) in [6.07, 6.45) is 6.20. The quantitative estimate of drug-likeness (QED) is 0.315. The number of ketones is 1. The molecule has 0 unspecified atom stereocenters. The van der Waals surface area contributed by atoms with Crippen LogP contribution in [0.2, 0.25) is 0 Å². The van der Waals surface area contributed by atoms with Gasteiger partial charge in [-0.15, -0.1) is 0 Å². The Hall–Kier alpha value is -3.65. The Kier molecular flexibility index (Phi) is 7.17. The second-order valence-corrected chi connectivity index (χ2v) is 12.1. The molecule has 9 nitrogen and oxygen atoms in total. The molecule has 3 aromatic rings. The van der Waals surface area contributed by atoms with Gasteiger partial charge < -0.3 is 19.9 Å². The first-order chi connectivity index (χ1) is 17.1. The SMILES string of the molecule is CCC(=O)c1cnc(NC(=O)C2CC2)cc1Nc1cc(F)cc(-c2ncc(P(C)(C)=O)cn2)c1OC. The minimum Gasteiger partial charge on any atom is -0.494 e. The topological polar surface area (TPSA) is 123 Å². The number of methoxy groups -OCH3 is 1. The zero-order valence-corrected chi connectivity index (χ0v) is 21.4. The number of aromatic nitrogens is 3. The van der Waals surface area contributed by atoms with Crippen LogP contribution in [0.1, 0.15) is 36.5 Å². The molecular formula is C25H27FN5O4P. The number of hydrogen-bond acceptors (Lipinski definition) is 8. The molecule has 0 atom stereocenters. The van der Waals surface area contributed by atoms with Crippen molar-refractivity contribution in [2.75, 3.05) is 31.1 Å². The maximum Gasteiger partial charge on any atom is 0.228 e. The molecule has 1 aliphatic carbocycles. The summed E-state index contributed by atoms with van der Waals surface area (Å²) in [4.78, 5) is 37.6. The Morgan fingerprint density at radius 3 is 2.36 bits per heavy atom. The molecule has 1 saturated carbocycles. The minimum absolute atomic E-state index is 0.0215. The number of anilines is 3. The molecule has 2 N–H and O–H groups in total. The highest BCUT2D eigenvalue weighted by Gasteiger charge is 2.30. The molecule has 1 amide bonds. The Balaban J connectivity index is 1.75. The lowest BCUT2D eigenvalue weighted by Gasteiger charge is -2.17. The van der Waals surface area contributed by atoms with E-state index in [2.05, 4.69) is 25.6 Å². The third-order valence-corrected chi connectivity index (χ3v) is 7.23.